The zero-order valence-electron chi connectivity index (χ0n) is 10.8. The molecule has 0 saturated carbocycles. The van der Waals surface area contributed by atoms with E-state index >= 15 is 0 Å². The van der Waals surface area contributed by atoms with E-state index in [0.29, 0.717) is 0 Å². The van der Waals surface area contributed by atoms with Crippen molar-refractivity contribution in [2.75, 3.05) is 6.54 Å². The second kappa shape index (κ2) is 5.56. The van der Waals surface area contributed by atoms with Crippen molar-refractivity contribution in [3.63, 3.8) is 0 Å². The van der Waals surface area contributed by atoms with Crippen LogP contribution in [0.25, 0.3) is 6.08 Å². The SMILES string of the molecule is CC1C(=O)NC(=O)CN1S(=O)(=O)C=Cc1ccccc1. The van der Waals surface area contributed by atoms with Crippen LogP contribution in [-0.2, 0) is 19.6 Å². The molecule has 1 saturated heterocycles. The van der Waals surface area contributed by atoms with Crippen molar-refractivity contribution in [3.8, 4) is 0 Å². The van der Waals surface area contributed by atoms with E-state index in [1.54, 1.807) is 24.3 Å². The van der Waals surface area contributed by atoms with Gasteiger partial charge in [-0.05, 0) is 18.6 Å². The molecule has 1 heterocycles. The molecule has 1 fully saturated rings. The van der Waals surface area contributed by atoms with E-state index in [4.69, 9.17) is 0 Å². The molecule has 1 atom stereocenters. The molecule has 0 aliphatic carbocycles. The van der Waals surface area contributed by atoms with Crippen molar-refractivity contribution in [2.45, 2.75) is 13.0 Å². The third-order valence-corrected chi connectivity index (χ3v) is 4.51. The fraction of sp³-hybridized carbons (Fsp3) is 0.231. The molecule has 1 aromatic carbocycles. The number of nitrogens with zero attached hydrogens (tertiary/aromatic N) is 1. The number of imide groups is 1. The predicted molar refractivity (Wildman–Crippen MR) is 73.7 cm³/mol. The minimum absolute atomic E-state index is 0.353. The zero-order chi connectivity index (χ0) is 14.8. The van der Waals surface area contributed by atoms with Crippen LogP contribution in [0.4, 0.5) is 0 Å². The molecule has 1 aliphatic heterocycles. The molecule has 1 unspecified atom stereocenters. The smallest absolute Gasteiger partial charge is 0.244 e. The lowest BCUT2D eigenvalue weighted by molar-refractivity contribution is -0.136. The Bertz CT molecular complexity index is 652. The Morgan fingerprint density at radius 2 is 1.90 bits per heavy atom. The summed E-state index contributed by atoms with van der Waals surface area (Å²) >= 11 is 0. The molecule has 2 amide bonds. The van der Waals surface area contributed by atoms with Crippen LogP contribution in [0, 0.1) is 0 Å². The van der Waals surface area contributed by atoms with Crippen LogP contribution >= 0.6 is 0 Å². The third kappa shape index (κ3) is 3.12. The summed E-state index contributed by atoms with van der Waals surface area (Å²) in [5.74, 6) is -1.23. The number of carbonyl (C=O) groups is 2. The number of rotatable bonds is 3. The highest BCUT2D eigenvalue weighted by molar-refractivity contribution is 7.92. The van der Waals surface area contributed by atoms with E-state index in [1.165, 1.54) is 13.0 Å². The molecule has 0 aromatic heterocycles. The fourth-order valence-corrected chi connectivity index (χ4v) is 3.13. The Kier molecular flexibility index (Phi) is 4.01. The van der Waals surface area contributed by atoms with E-state index in [9.17, 15) is 18.0 Å². The van der Waals surface area contributed by atoms with Gasteiger partial charge in [0.15, 0.2) is 0 Å². The van der Waals surface area contributed by atoms with Gasteiger partial charge in [0.1, 0.15) is 6.04 Å². The van der Waals surface area contributed by atoms with Crippen molar-refractivity contribution in [2.24, 2.45) is 0 Å². The summed E-state index contributed by atoms with van der Waals surface area (Å²) in [6.07, 6.45) is 1.43. The van der Waals surface area contributed by atoms with Crippen LogP contribution in [0.5, 0.6) is 0 Å². The lowest BCUT2D eigenvalue weighted by Gasteiger charge is -2.29. The second-order valence-corrected chi connectivity index (χ2v) is 6.16. The molecular formula is C13H14N2O4S. The van der Waals surface area contributed by atoms with Crippen LogP contribution in [0.3, 0.4) is 0 Å². The van der Waals surface area contributed by atoms with Crippen molar-refractivity contribution in [1.82, 2.24) is 9.62 Å². The van der Waals surface area contributed by atoms with Crippen LogP contribution in [-0.4, -0.2) is 37.1 Å². The quantitative estimate of drug-likeness (QED) is 0.815. The number of sulfonamides is 1. The molecule has 2 rings (SSSR count). The summed E-state index contributed by atoms with van der Waals surface area (Å²) < 4.78 is 25.2. The Balaban J connectivity index is 2.24. The standard InChI is InChI=1S/C13H14N2O4S/c1-10-13(17)14-12(16)9-15(10)20(18,19)8-7-11-5-3-2-4-6-11/h2-8,10H,9H2,1H3,(H,14,16,17). The Morgan fingerprint density at radius 1 is 1.25 bits per heavy atom. The average Bonchev–Trinajstić information content (AvgIpc) is 2.42. The van der Waals surface area contributed by atoms with Gasteiger partial charge in [0, 0.05) is 5.41 Å². The number of amides is 2. The summed E-state index contributed by atoms with van der Waals surface area (Å²) in [6.45, 7) is 1.09. The van der Waals surface area contributed by atoms with Crippen molar-refractivity contribution >= 4 is 27.9 Å². The summed E-state index contributed by atoms with van der Waals surface area (Å²) in [6, 6.07) is 7.99. The van der Waals surface area contributed by atoms with Gasteiger partial charge in [0.25, 0.3) is 0 Å². The van der Waals surface area contributed by atoms with Crippen LogP contribution in [0.1, 0.15) is 12.5 Å². The topological polar surface area (TPSA) is 83.6 Å². The molecule has 6 nitrogen and oxygen atoms in total. The highest BCUT2D eigenvalue weighted by atomic mass is 32.2. The number of carbonyl (C=O) groups excluding carboxylic acids is 2. The first kappa shape index (κ1) is 14.4. The molecule has 1 N–H and O–H groups in total. The first-order valence-corrected chi connectivity index (χ1v) is 7.49. The molecule has 1 aromatic rings. The van der Waals surface area contributed by atoms with Crippen LogP contribution < -0.4 is 5.32 Å². The third-order valence-electron chi connectivity index (χ3n) is 2.93. The van der Waals surface area contributed by atoms with Crippen molar-refractivity contribution < 1.29 is 18.0 Å². The number of hydrogen-bond acceptors (Lipinski definition) is 4. The second-order valence-electron chi connectivity index (χ2n) is 4.39. The fourth-order valence-electron chi connectivity index (χ4n) is 1.81. The van der Waals surface area contributed by atoms with Crippen molar-refractivity contribution in [3.05, 3.63) is 41.3 Å². The minimum atomic E-state index is -3.83. The van der Waals surface area contributed by atoms with E-state index < -0.39 is 27.9 Å². The van der Waals surface area contributed by atoms with Gasteiger partial charge in [-0.15, -0.1) is 0 Å². The first-order valence-electron chi connectivity index (χ1n) is 5.99. The van der Waals surface area contributed by atoms with Gasteiger partial charge in [0.2, 0.25) is 21.8 Å². The number of hydrogen-bond donors (Lipinski definition) is 1. The maximum absolute atomic E-state index is 12.2. The summed E-state index contributed by atoms with van der Waals surface area (Å²) in [7, 11) is -3.83. The maximum atomic E-state index is 12.2. The molecule has 1 aliphatic rings. The Morgan fingerprint density at radius 3 is 2.55 bits per heavy atom. The molecule has 0 spiro atoms. The number of nitrogens with one attached hydrogen (secondary N) is 1. The van der Waals surface area contributed by atoms with Gasteiger partial charge in [-0.2, -0.15) is 4.31 Å². The largest absolute Gasteiger partial charge is 0.294 e. The van der Waals surface area contributed by atoms with Crippen molar-refractivity contribution in [1.29, 1.82) is 0 Å². The number of benzene rings is 1. The lowest BCUT2D eigenvalue weighted by atomic mass is 10.2. The average molecular weight is 294 g/mol. The van der Waals surface area contributed by atoms with Gasteiger partial charge in [0.05, 0.1) is 6.54 Å². The molecule has 0 bridgehead atoms. The predicted octanol–water partition coefficient (Wildman–Crippen LogP) is 0.334. The van der Waals surface area contributed by atoms with E-state index in [1.807, 2.05) is 6.07 Å². The van der Waals surface area contributed by atoms with Gasteiger partial charge in [-0.3, -0.25) is 14.9 Å². The molecule has 106 valence electrons. The van der Waals surface area contributed by atoms with Gasteiger partial charge in [-0.25, -0.2) is 8.42 Å². The molecule has 7 heteroatoms. The summed E-state index contributed by atoms with van der Waals surface area (Å²) in [5, 5.41) is 3.10. The maximum Gasteiger partial charge on any atom is 0.244 e. The highest BCUT2D eigenvalue weighted by Gasteiger charge is 2.36. The summed E-state index contributed by atoms with van der Waals surface area (Å²) in [5.41, 5.74) is 0.719. The van der Waals surface area contributed by atoms with Gasteiger partial charge < -0.3 is 0 Å². The Hall–Kier alpha value is -1.99. The first-order chi connectivity index (χ1) is 9.40. The van der Waals surface area contributed by atoms with Crippen LogP contribution in [0.2, 0.25) is 0 Å². The molecular weight excluding hydrogens is 280 g/mol. The monoisotopic (exact) mass is 294 g/mol. The number of piperazine rings is 1. The van der Waals surface area contributed by atoms with E-state index in [2.05, 4.69) is 5.32 Å². The van der Waals surface area contributed by atoms with Gasteiger partial charge >= 0.3 is 0 Å². The zero-order valence-corrected chi connectivity index (χ0v) is 11.6. The van der Waals surface area contributed by atoms with Crippen LogP contribution in [0.15, 0.2) is 35.7 Å². The van der Waals surface area contributed by atoms with E-state index in [-0.39, 0.29) is 6.54 Å². The lowest BCUT2D eigenvalue weighted by Crippen LogP contribution is -2.58. The van der Waals surface area contributed by atoms with Gasteiger partial charge in [-0.1, -0.05) is 30.3 Å². The Labute approximate surface area is 117 Å². The normalized spacial score (nSPS) is 21.1. The minimum Gasteiger partial charge on any atom is -0.294 e. The summed E-state index contributed by atoms with van der Waals surface area (Å²) in [4.78, 5) is 22.8. The van der Waals surface area contributed by atoms with E-state index in [0.717, 1.165) is 15.3 Å². The molecule has 20 heavy (non-hydrogen) atoms. The highest BCUT2D eigenvalue weighted by Crippen LogP contribution is 2.14. The molecule has 0 radical (unpaired) electrons.